The summed E-state index contributed by atoms with van der Waals surface area (Å²) in [4.78, 5) is 10.6. The van der Waals surface area contributed by atoms with E-state index in [0.717, 1.165) is 25.3 Å². The molecular formula is C25H25N3O. The first-order valence-corrected chi connectivity index (χ1v) is 10.3. The van der Waals surface area contributed by atoms with Gasteiger partial charge in [0.25, 0.3) is 0 Å². The summed E-state index contributed by atoms with van der Waals surface area (Å²) in [6.07, 6.45) is 4.83. The standard InChI is InChI=1S/C25H25N3O/c1-2-29-23-12-6-4-10-21(23)25-24-20(19-9-3-5-11-22(19)27-24)13-15-28(25)17-18-8-7-14-26-16-18/h3-12,14,16,25,27H,2,13,15,17H2,1H3. The summed E-state index contributed by atoms with van der Waals surface area (Å²) in [5, 5.41) is 1.34. The van der Waals surface area contributed by atoms with Crippen molar-refractivity contribution in [3.8, 4) is 5.75 Å². The van der Waals surface area contributed by atoms with Gasteiger partial charge in [-0.25, -0.2) is 0 Å². The summed E-state index contributed by atoms with van der Waals surface area (Å²) in [7, 11) is 0. The quantitative estimate of drug-likeness (QED) is 0.521. The predicted octanol–water partition coefficient (Wildman–Crippen LogP) is 5.11. The molecule has 0 amide bonds. The molecule has 4 heteroatoms. The van der Waals surface area contributed by atoms with Gasteiger partial charge in [-0.1, -0.05) is 42.5 Å². The summed E-state index contributed by atoms with van der Waals surface area (Å²) in [6, 6.07) is 21.3. The maximum Gasteiger partial charge on any atom is 0.124 e. The van der Waals surface area contributed by atoms with Gasteiger partial charge >= 0.3 is 0 Å². The Kier molecular flexibility index (Phi) is 4.78. The highest BCUT2D eigenvalue weighted by molar-refractivity contribution is 5.85. The van der Waals surface area contributed by atoms with Crippen LogP contribution in [0.15, 0.2) is 73.1 Å². The second kappa shape index (κ2) is 7.72. The van der Waals surface area contributed by atoms with Gasteiger partial charge < -0.3 is 9.72 Å². The number of H-pyrrole nitrogens is 1. The van der Waals surface area contributed by atoms with Crippen LogP contribution >= 0.6 is 0 Å². The van der Waals surface area contributed by atoms with Crippen molar-refractivity contribution in [3.05, 3.63) is 95.4 Å². The number of pyridine rings is 1. The number of hydrogen-bond donors (Lipinski definition) is 1. The third-order valence-corrected chi connectivity index (χ3v) is 5.76. The van der Waals surface area contributed by atoms with E-state index in [2.05, 4.69) is 69.5 Å². The Morgan fingerprint density at radius 3 is 2.79 bits per heavy atom. The first-order valence-electron chi connectivity index (χ1n) is 10.3. The van der Waals surface area contributed by atoms with E-state index in [4.69, 9.17) is 4.74 Å². The number of hydrogen-bond acceptors (Lipinski definition) is 3. The third-order valence-electron chi connectivity index (χ3n) is 5.76. The van der Waals surface area contributed by atoms with E-state index in [1.807, 2.05) is 25.4 Å². The molecule has 2 aromatic carbocycles. The Bertz CT molecular complexity index is 1120. The SMILES string of the molecule is CCOc1ccccc1C1c2[nH]c3ccccc3c2CCN1Cc1cccnc1. The van der Waals surface area contributed by atoms with Gasteiger partial charge in [0, 0.05) is 47.6 Å². The number of benzene rings is 2. The van der Waals surface area contributed by atoms with Gasteiger partial charge in [-0.05, 0) is 42.7 Å². The highest BCUT2D eigenvalue weighted by atomic mass is 16.5. The van der Waals surface area contributed by atoms with E-state index in [-0.39, 0.29) is 6.04 Å². The average molecular weight is 383 g/mol. The van der Waals surface area contributed by atoms with Gasteiger partial charge in [-0.15, -0.1) is 0 Å². The minimum Gasteiger partial charge on any atom is -0.494 e. The van der Waals surface area contributed by atoms with Gasteiger partial charge in [-0.2, -0.15) is 0 Å². The summed E-state index contributed by atoms with van der Waals surface area (Å²) in [5.74, 6) is 0.961. The Morgan fingerprint density at radius 1 is 1.07 bits per heavy atom. The van der Waals surface area contributed by atoms with Crippen LogP contribution in [0.2, 0.25) is 0 Å². The first-order chi connectivity index (χ1) is 14.3. The van der Waals surface area contributed by atoms with Crippen molar-refractivity contribution >= 4 is 10.9 Å². The van der Waals surface area contributed by atoms with E-state index < -0.39 is 0 Å². The Morgan fingerprint density at radius 2 is 1.93 bits per heavy atom. The van der Waals surface area contributed by atoms with Crippen molar-refractivity contribution in [1.82, 2.24) is 14.9 Å². The van der Waals surface area contributed by atoms with E-state index in [9.17, 15) is 0 Å². The van der Waals surface area contributed by atoms with Crippen LogP contribution in [0.25, 0.3) is 10.9 Å². The zero-order valence-electron chi connectivity index (χ0n) is 16.6. The fraction of sp³-hybridized carbons (Fsp3) is 0.240. The van der Waals surface area contributed by atoms with Crippen LogP contribution in [0.3, 0.4) is 0 Å². The molecule has 0 saturated carbocycles. The molecule has 0 bridgehead atoms. The van der Waals surface area contributed by atoms with Crippen LogP contribution < -0.4 is 4.74 Å². The number of para-hydroxylation sites is 2. The van der Waals surface area contributed by atoms with Crippen molar-refractivity contribution in [2.24, 2.45) is 0 Å². The molecule has 0 aliphatic carbocycles. The molecule has 2 aromatic heterocycles. The zero-order chi connectivity index (χ0) is 19.6. The molecule has 0 saturated heterocycles. The minimum atomic E-state index is 0.120. The second-order valence-electron chi connectivity index (χ2n) is 7.52. The van der Waals surface area contributed by atoms with Crippen LogP contribution in [0, 0.1) is 0 Å². The number of nitrogens with zero attached hydrogens (tertiary/aromatic N) is 2. The molecule has 5 rings (SSSR count). The average Bonchev–Trinajstić information content (AvgIpc) is 3.14. The van der Waals surface area contributed by atoms with Crippen LogP contribution in [0.5, 0.6) is 5.75 Å². The normalized spacial score (nSPS) is 16.7. The summed E-state index contributed by atoms with van der Waals surface area (Å²) >= 11 is 0. The van der Waals surface area contributed by atoms with Gasteiger partial charge in [0.1, 0.15) is 5.75 Å². The molecule has 1 N–H and O–H groups in total. The lowest BCUT2D eigenvalue weighted by molar-refractivity contribution is 0.196. The Labute approximate surface area is 171 Å². The van der Waals surface area contributed by atoms with Crippen molar-refractivity contribution < 1.29 is 4.74 Å². The molecule has 4 nitrogen and oxygen atoms in total. The molecule has 0 fully saturated rings. The predicted molar refractivity (Wildman–Crippen MR) is 116 cm³/mol. The van der Waals surface area contributed by atoms with E-state index >= 15 is 0 Å². The minimum absolute atomic E-state index is 0.120. The molecule has 0 spiro atoms. The van der Waals surface area contributed by atoms with Crippen LogP contribution in [0.4, 0.5) is 0 Å². The molecule has 29 heavy (non-hydrogen) atoms. The number of rotatable bonds is 5. The Hall–Kier alpha value is -3.11. The van der Waals surface area contributed by atoms with Crippen LogP contribution in [0.1, 0.15) is 35.3 Å². The van der Waals surface area contributed by atoms with Crippen molar-refractivity contribution in [2.45, 2.75) is 25.9 Å². The fourth-order valence-electron chi connectivity index (χ4n) is 4.53. The number of nitrogens with one attached hydrogen (secondary N) is 1. The molecule has 1 unspecified atom stereocenters. The zero-order valence-corrected chi connectivity index (χ0v) is 16.6. The molecule has 1 atom stereocenters. The summed E-state index contributed by atoms with van der Waals surface area (Å²) in [5.41, 5.74) is 6.36. The highest BCUT2D eigenvalue weighted by Crippen LogP contribution is 2.41. The number of aromatic nitrogens is 2. The number of fused-ring (bicyclic) bond motifs is 3. The summed E-state index contributed by atoms with van der Waals surface area (Å²) in [6.45, 7) is 4.55. The number of ether oxygens (including phenoxy) is 1. The topological polar surface area (TPSA) is 41.1 Å². The summed E-state index contributed by atoms with van der Waals surface area (Å²) < 4.78 is 6.02. The van der Waals surface area contributed by atoms with E-state index in [0.29, 0.717) is 6.61 Å². The molecule has 0 radical (unpaired) electrons. The molecule has 1 aliphatic heterocycles. The van der Waals surface area contributed by atoms with E-state index in [1.165, 1.54) is 33.3 Å². The highest BCUT2D eigenvalue weighted by Gasteiger charge is 2.33. The molecular weight excluding hydrogens is 358 g/mol. The maximum absolute atomic E-state index is 6.02. The fourth-order valence-corrected chi connectivity index (χ4v) is 4.53. The lowest BCUT2D eigenvalue weighted by atomic mass is 9.91. The Balaban J connectivity index is 1.65. The van der Waals surface area contributed by atoms with Gasteiger partial charge in [-0.3, -0.25) is 9.88 Å². The lowest BCUT2D eigenvalue weighted by Gasteiger charge is -2.36. The van der Waals surface area contributed by atoms with Gasteiger partial charge in [0.2, 0.25) is 0 Å². The second-order valence-corrected chi connectivity index (χ2v) is 7.52. The smallest absolute Gasteiger partial charge is 0.124 e. The molecule has 146 valence electrons. The van der Waals surface area contributed by atoms with Gasteiger partial charge in [0.15, 0.2) is 0 Å². The first kappa shape index (κ1) is 18.0. The molecule has 3 heterocycles. The molecule has 1 aliphatic rings. The lowest BCUT2D eigenvalue weighted by Crippen LogP contribution is -2.36. The van der Waals surface area contributed by atoms with Crippen molar-refractivity contribution in [3.63, 3.8) is 0 Å². The van der Waals surface area contributed by atoms with Crippen molar-refractivity contribution in [2.75, 3.05) is 13.2 Å². The van der Waals surface area contributed by atoms with Gasteiger partial charge in [0.05, 0.1) is 12.6 Å². The molecule has 4 aromatic rings. The largest absolute Gasteiger partial charge is 0.494 e. The third kappa shape index (κ3) is 3.30. The maximum atomic E-state index is 6.02. The van der Waals surface area contributed by atoms with E-state index in [1.54, 1.807) is 0 Å². The van der Waals surface area contributed by atoms with Crippen molar-refractivity contribution in [1.29, 1.82) is 0 Å². The number of aromatic amines is 1. The van der Waals surface area contributed by atoms with Crippen LogP contribution in [-0.4, -0.2) is 28.0 Å². The monoisotopic (exact) mass is 383 g/mol. The van der Waals surface area contributed by atoms with Crippen LogP contribution in [-0.2, 0) is 13.0 Å².